The van der Waals surface area contributed by atoms with Gasteiger partial charge in [-0.2, -0.15) is 0 Å². The smallest absolute Gasteiger partial charge is 0.273 e. The zero-order valence-corrected chi connectivity index (χ0v) is 12.2. The molecule has 1 heterocycles. The predicted octanol–water partition coefficient (Wildman–Crippen LogP) is 3.08. The summed E-state index contributed by atoms with van der Waals surface area (Å²) in [4.78, 5) is 25.0. The van der Waals surface area contributed by atoms with E-state index in [1.165, 1.54) is 16.3 Å². The lowest BCUT2D eigenvalue weighted by molar-refractivity contribution is -0.124. The van der Waals surface area contributed by atoms with Crippen LogP contribution >= 0.6 is 11.3 Å². The second kappa shape index (κ2) is 6.34. The Balaban J connectivity index is 2.29. The molecule has 0 spiro atoms. The van der Waals surface area contributed by atoms with Gasteiger partial charge in [0.25, 0.3) is 5.91 Å². The Labute approximate surface area is 122 Å². The fourth-order valence-electron chi connectivity index (χ4n) is 1.56. The molecule has 0 radical (unpaired) electrons. The van der Waals surface area contributed by atoms with E-state index in [-0.39, 0.29) is 17.7 Å². The number of nitrogens with zero attached hydrogens (tertiary/aromatic N) is 1. The van der Waals surface area contributed by atoms with Crippen molar-refractivity contribution in [2.75, 3.05) is 5.01 Å². The molecule has 1 aromatic carbocycles. The van der Waals surface area contributed by atoms with Gasteiger partial charge in [0.05, 0.1) is 10.6 Å². The SMILES string of the molecule is CC(C)C(=O)NN(C(=O)c1cccs1)c1ccccc1. The van der Waals surface area contributed by atoms with Gasteiger partial charge in [0.2, 0.25) is 5.91 Å². The van der Waals surface area contributed by atoms with Crippen LogP contribution in [0.15, 0.2) is 47.8 Å². The van der Waals surface area contributed by atoms with Crippen molar-refractivity contribution >= 4 is 28.8 Å². The summed E-state index contributed by atoms with van der Waals surface area (Å²) in [5.41, 5.74) is 3.31. The molecule has 0 aliphatic heterocycles. The Morgan fingerprint density at radius 1 is 1.10 bits per heavy atom. The van der Waals surface area contributed by atoms with E-state index in [1.54, 1.807) is 32.0 Å². The lowest BCUT2D eigenvalue weighted by Crippen LogP contribution is -2.47. The molecule has 1 aromatic heterocycles. The maximum atomic E-state index is 12.5. The van der Waals surface area contributed by atoms with Crippen LogP contribution in [0.5, 0.6) is 0 Å². The van der Waals surface area contributed by atoms with Crippen molar-refractivity contribution in [3.05, 3.63) is 52.7 Å². The minimum atomic E-state index is -0.236. The highest BCUT2D eigenvalue weighted by molar-refractivity contribution is 7.12. The molecule has 0 saturated carbocycles. The van der Waals surface area contributed by atoms with Crippen molar-refractivity contribution in [2.45, 2.75) is 13.8 Å². The summed E-state index contributed by atoms with van der Waals surface area (Å²) >= 11 is 1.35. The number of hydrogen-bond donors (Lipinski definition) is 1. The molecule has 2 aromatic rings. The lowest BCUT2D eigenvalue weighted by Gasteiger charge is -2.23. The first-order valence-corrected chi connectivity index (χ1v) is 7.21. The van der Waals surface area contributed by atoms with Crippen LogP contribution in [0.3, 0.4) is 0 Å². The largest absolute Gasteiger partial charge is 0.287 e. The zero-order chi connectivity index (χ0) is 14.5. The van der Waals surface area contributed by atoms with Gasteiger partial charge in [-0.3, -0.25) is 15.0 Å². The van der Waals surface area contributed by atoms with Crippen molar-refractivity contribution < 1.29 is 9.59 Å². The van der Waals surface area contributed by atoms with Crippen LogP contribution in [0.4, 0.5) is 5.69 Å². The monoisotopic (exact) mass is 288 g/mol. The van der Waals surface area contributed by atoms with E-state index < -0.39 is 0 Å². The average Bonchev–Trinajstić information content (AvgIpc) is 2.98. The Bertz CT molecular complexity index is 579. The van der Waals surface area contributed by atoms with Crippen LogP contribution in [0.1, 0.15) is 23.5 Å². The molecule has 4 nitrogen and oxygen atoms in total. The first-order valence-electron chi connectivity index (χ1n) is 6.33. The summed E-state index contributed by atoms with van der Waals surface area (Å²) in [5, 5.41) is 3.13. The Kier molecular flexibility index (Phi) is 4.53. The Hall–Kier alpha value is -2.14. The summed E-state index contributed by atoms with van der Waals surface area (Å²) in [6.07, 6.45) is 0. The number of hydrogen-bond acceptors (Lipinski definition) is 3. The summed E-state index contributed by atoms with van der Waals surface area (Å²) in [6, 6.07) is 12.6. The van der Waals surface area contributed by atoms with Crippen LogP contribution in [0.2, 0.25) is 0 Å². The minimum Gasteiger partial charge on any atom is -0.273 e. The van der Waals surface area contributed by atoms with Crippen LogP contribution in [-0.2, 0) is 4.79 Å². The molecule has 0 aliphatic rings. The third-order valence-electron chi connectivity index (χ3n) is 2.70. The number of carbonyl (C=O) groups excluding carboxylic acids is 2. The molecule has 104 valence electrons. The van der Waals surface area contributed by atoms with E-state index in [1.807, 2.05) is 29.6 Å². The first-order chi connectivity index (χ1) is 9.59. The second-order valence-electron chi connectivity index (χ2n) is 4.58. The molecule has 0 atom stereocenters. The van der Waals surface area contributed by atoms with Gasteiger partial charge in [-0.15, -0.1) is 11.3 Å². The molecule has 0 unspecified atom stereocenters. The molecule has 0 saturated heterocycles. The van der Waals surface area contributed by atoms with Gasteiger partial charge in [0.15, 0.2) is 0 Å². The molecule has 0 aliphatic carbocycles. The maximum Gasteiger partial charge on any atom is 0.287 e. The normalized spacial score (nSPS) is 10.3. The summed E-state index contributed by atoms with van der Waals surface area (Å²) in [6.45, 7) is 3.57. The van der Waals surface area contributed by atoms with Gasteiger partial charge >= 0.3 is 0 Å². The van der Waals surface area contributed by atoms with E-state index >= 15 is 0 Å². The molecule has 1 N–H and O–H groups in total. The van der Waals surface area contributed by atoms with E-state index in [9.17, 15) is 9.59 Å². The Morgan fingerprint density at radius 2 is 1.80 bits per heavy atom. The highest BCUT2D eigenvalue weighted by Gasteiger charge is 2.21. The van der Waals surface area contributed by atoms with Gasteiger partial charge < -0.3 is 0 Å². The van der Waals surface area contributed by atoms with Gasteiger partial charge in [-0.05, 0) is 23.6 Å². The highest BCUT2D eigenvalue weighted by atomic mass is 32.1. The van der Waals surface area contributed by atoms with Crippen LogP contribution in [0, 0.1) is 5.92 Å². The molecule has 20 heavy (non-hydrogen) atoms. The fourth-order valence-corrected chi connectivity index (χ4v) is 2.21. The number of amides is 2. The molecule has 2 amide bonds. The molecule has 2 rings (SSSR count). The first kappa shape index (κ1) is 14.3. The highest BCUT2D eigenvalue weighted by Crippen LogP contribution is 2.18. The van der Waals surface area contributed by atoms with Gasteiger partial charge in [0, 0.05) is 5.92 Å². The van der Waals surface area contributed by atoms with Crippen LogP contribution < -0.4 is 10.4 Å². The number of thiophene rings is 1. The molecule has 0 bridgehead atoms. The van der Waals surface area contributed by atoms with E-state index in [0.29, 0.717) is 10.6 Å². The van der Waals surface area contributed by atoms with Crippen molar-refractivity contribution in [1.29, 1.82) is 0 Å². The summed E-state index contributed by atoms with van der Waals surface area (Å²) in [5.74, 6) is -0.628. The van der Waals surface area contributed by atoms with Crippen LogP contribution in [0.25, 0.3) is 0 Å². The zero-order valence-electron chi connectivity index (χ0n) is 11.4. The van der Waals surface area contributed by atoms with E-state index in [4.69, 9.17) is 0 Å². The lowest BCUT2D eigenvalue weighted by atomic mass is 10.2. The molecule has 5 heteroatoms. The number of rotatable bonds is 3. The van der Waals surface area contributed by atoms with Crippen molar-refractivity contribution in [1.82, 2.24) is 5.43 Å². The van der Waals surface area contributed by atoms with E-state index in [0.717, 1.165) is 0 Å². The predicted molar refractivity (Wildman–Crippen MR) is 80.6 cm³/mol. The van der Waals surface area contributed by atoms with Gasteiger partial charge in [-0.25, -0.2) is 5.01 Å². The molecular weight excluding hydrogens is 272 g/mol. The second-order valence-corrected chi connectivity index (χ2v) is 5.53. The summed E-state index contributed by atoms with van der Waals surface area (Å²) < 4.78 is 0. The molecule has 0 fully saturated rings. The quantitative estimate of drug-likeness (QED) is 0.882. The Morgan fingerprint density at radius 3 is 2.35 bits per heavy atom. The number of para-hydroxylation sites is 1. The van der Waals surface area contributed by atoms with E-state index in [2.05, 4.69) is 5.43 Å². The third-order valence-corrected chi connectivity index (χ3v) is 3.55. The minimum absolute atomic E-state index is 0.196. The van der Waals surface area contributed by atoms with Crippen molar-refractivity contribution in [3.8, 4) is 0 Å². The third kappa shape index (κ3) is 3.24. The number of anilines is 1. The van der Waals surface area contributed by atoms with Crippen LogP contribution in [-0.4, -0.2) is 11.8 Å². The number of hydrazine groups is 1. The number of nitrogens with one attached hydrogen (secondary N) is 1. The standard InChI is InChI=1S/C15H16N2O2S/c1-11(2)14(18)16-17(12-7-4-3-5-8-12)15(19)13-9-6-10-20-13/h3-11H,1-2H3,(H,16,18). The van der Waals surface area contributed by atoms with Crippen molar-refractivity contribution in [2.24, 2.45) is 5.92 Å². The maximum absolute atomic E-state index is 12.5. The van der Waals surface area contributed by atoms with Gasteiger partial charge in [0.1, 0.15) is 0 Å². The van der Waals surface area contributed by atoms with Crippen molar-refractivity contribution in [3.63, 3.8) is 0 Å². The van der Waals surface area contributed by atoms with Gasteiger partial charge in [-0.1, -0.05) is 38.1 Å². The summed E-state index contributed by atoms with van der Waals surface area (Å²) in [7, 11) is 0. The fraction of sp³-hybridized carbons (Fsp3) is 0.200. The average molecular weight is 288 g/mol. The topological polar surface area (TPSA) is 49.4 Å². The number of carbonyl (C=O) groups is 2. The molecular formula is C15H16N2O2S. The number of benzene rings is 1.